The van der Waals surface area contributed by atoms with Gasteiger partial charge in [-0.15, -0.1) is 0 Å². The zero-order valence-electron chi connectivity index (χ0n) is 21.6. The summed E-state index contributed by atoms with van der Waals surface area (Å²) in [5.41, 5.74) is 3.58. The summed E-state index contributed by atoms with van der Waals surface area (Å²) in [6.45, 7) is 12.2. The molecule has 9 nitrogen and oxygen atoms in total. The lowest BCUT2D eigenvalue weighted by Gasteiger charge is -2.37. The smallest absolute Gasteiger partial charge is 0.274 e. The van der Waals surface area contributed by atoms with Crippen LogP contribution in [0.25, 0.3) is 0 Å². The Morgan fingerprint density at radius 3 is 2.39 bits per heavy atom. The topological polar surface area (TPSA) is 82.1 Å². The average molecular weight is 495 g/mol. The number of nitrogens with zero attached hydrogens (tertiary/aromatic N) is 6. The molecule has 2 aliphatic heterocycles. The van der Waals surface area contributed by atoms with Crippen molar-refractivity contribution in [2.45, 2.75) is 26.7 Å². The maximum absolute atomic E-state index is 13.2. The third-order valence-electron chi connectivity index (χ3n) is 6.98. The molecule has 2 aliphatic rings. The highest BCUT2D eigenvalue weighted by molar-refractivity contribution is 5.92. The van der Waals surface area contributed by atoms with Crippen LogP contribution in [-0.2, 0) is 9.53 Å². The van der Waals surface area contributed by atoms with Gasteiger partial charge in [0.05, 0.1) is 25.1 Å². The summed E-state index contributed by atoms with van der Waals surface area (Å²) in [5.74, 6) is -0.0675. The van der Waals surface area contributed by atoms with Gasteiger partial charge in [0.1, 0.15) is 5.69 Å². The van der Waals surface area contributed by atoms with Gasteiger partial charge in [-0.1, -0.05) is 18.2 Å². The zero-order chi connectivity index (χ0) is 25.3. The molecule has 0 N–H and O–H groups in total. The molecule has 2 aromatic rings. The van der Waals surface area contributed by atoms with Crippen molar-refractivity contribution in [3.05, 3.63) is 53.6 Å². The molecular weight excluding hydrogens is 456 g/mol. The number of anilines is 1. The van der Waals surface area contributed by atoms with Gasteiger partial charge in [0.15, 0.2) is 0 Å². The minimum absolute atomic E-state index is 0.0976. The van der Waals surface area contributed by atoms with Crippen molar-refractivity contribution < 1.29 is 14.3 Å². The molecule has 2 amide bonds. The first kappa shape index (κ1) is 26.0. The molecule has 9 heteroatoms. The third-order valence-corrected chi connectivity index (χ3v) is 6.98. The molecule has 0 bridgehead atoms. The summed E-state index contributed by atoms with van der Waals surface area (Å²) in [6.07, 6.45) is 4.29. The van der Waals surface area contributed by atoms with Crippen LogP contribution < -0.4 is 4.90 Å². The van der Waals surface area contributed by atoms with E-state index in [1.807, 2.05) is 11.8 Å². The molecule has 1 aromatic carbocycles. The molecule has 0 radical (unpaired) electrons. The van der Waals surface area contributed by atoms with E-state index in [0.29, 0.717) is 38.3 Å². The minimum atomic E-state index is -0.165. The number of benzene rings is 1. The van der Waals surface area contributed by atoms with Crippen molar-refractivity contribution in [3.63, 3.8) is 0 Å². The quantitative estimate of drug-likeness (QED) is 0.527. The lowest BCUT2D eigenvalue weighted by atomic mass is 10.1. The zero-order valence-corrected chi connectivity index (χ0v) is 21.6. The van der Waals surface area contributed by atoms with Gasteiger partial charge < -0.3 is 19.4 Å². The Bertz CT molecular complexity index is 1000. The molecule has 0 atom stereocenters. The predicted molar refractivity (Wildman–Crippen MR) is 139 cm³/mol. The SMILES string of the molecule is Cc1cnc(C(=O)N(CCCN2CCOCC2)CCC(=O)N2CCN(c3ccccc3C)CC2)cn1. The van der Waals surface area contributed by atoms with Gasteiger partial charge in [0.25, 0.3) is 5.91 Å². The number of aryl methyl sites for hydroxylation is 2. The van der Waals surface area contributed by atoms with Crippen molar-refractivity contribution in [2.24, 2.45) is 0 Å². The van der Waals surface area contributed by atoms with E-state index in [1.54, 1.807) is 11.1 Å². The number of piperazine rings is 1. The van der Waals surface area contributed by atoms with Crippen LogP contribution in [0.3, 0.4) is 0 Å². The number of aromatic nitrogens is 2. The summed E-state index contributed by atoms with van der Waals surface area (Å²) in [4.78, 5) is 43.2. The van der Waals surface area contributed by atoms with Crippen LogP contribution in [-0.4, -0.2) is 109 Å². The molecule has 36 heavy (non-hydrogen) atoms. The molecule has 194 valence electrons. The highest BCUT2D eigenvalue weighted by Crippen LogP contribution is 2.21. The normalized spacial score (nSPS) is 16.7. The van der Waals surface area contributed by atoms with Gasteiger partial charge in [0.2, 0.25) is 5.91 Å². The summed E-state index contributed by atoms with van der Waals surface area (Å²) in [7, 11) is 0. The second-order valence-corrected chi connectivity index (χ2v) is 9.55. The third kappa shape index (κ3) is 7.01. The van der Waals surface area contributed by atoms with Crippen LogP contribution in [0.2, 0.25) is 0 Å². The van der Waals surface area contributed by atoms with Gasteiger partial charge >= 0.3 is 0 Å². The van der Waals surface area contributed by atoms with E-state index in [9.17, 15) is 9.59 Å². The molecule has 0 aliphatic carbocycles. The minimum Gasteiger partial charge on any atom is -0.379 e. The van der Waals surface area contributed by atoms with E-state index in [2.05, 4.69) is 51.0 Å². The number of carbonyl (C=O) groups excluding carboxylic acids is 2. The van der Waals surface area contributed by atoms with Crippen molar-refractivity contribution in [1.82, 2.24) is 24.7 Å². The summed E-state index contributed by atoms with van der Waals surface area (Å²) in [6, 6.07) is 8.37. The summed E-state index contributed by atoms with van der Waals surface area (Å²) < 4.78 is 5.43. The number of amides is 2. The monoisotopic (exact) mass is 494 g/mol. The van der Waals surface area contributed by atoms with E-state index in [0.717, 1.165) is 58.1 Å². The van der Waals surface area contributed by atoms with Gasteiger partial charge in [-0.3, -0.25) is 19.5 Å². The van der Waals surface area contributed by atoms with Crippen molar-refractivity contribution in [3.8, 4) is 0 Å². The Kier molecular flexibility index (Phi) is 9.24. The first-order chi connectivity index (χ1) is 17.5. The predicted octanol–water partition coefficient (Wildman–Crippen LogP) is 2.00. The number of para-hydroxylation sites is 1. The lowest BCUT2D eigenvalue weighted by molar-refractivity contribution is -0.131. The van der Waals surface area contributed by atoms with Crippen LogP contribution in [0.5, 0.6) is 0 Å². The summed E-state index contributed by atoms with van der Waals surface area (Å²) >= 11 is 0. The van der Waals surface area contributed by atoms with Gasteiger partial charge in [-0.25, -0.2) is 4.98 Å². The highest BCUT2D eigenvalue weighted by atomic mass is 16.5. The standard InChI is InChI=1S/C27H38N6O3/c1-22-6-3-4-7-25(22)31-12-14-32(15-13-31)26(34)8-11-33(10-5-9-30-16-18-36-19-17-30)27(35)24-21-28-23(2)20-29-24/h3-4,6-7,20-21H,5,8-19H2,1-2H3. The van der Waals surface area contributed by atoms with Crippen molar-refractivity contribution >= 4 is 17.5 Å². The summed E-state index contributed by atoms with van der Waals surface area (Å²) in [5, 5.41) is 0. The number of ether oxygens (including phenoxy) is 1. The van der Waals surface area contributed by atoms with E-state index >= 15 is 0 Å². The van der Waals surface area contributed by atoms with E-state index in [-0.39, 0.29) is 11.8 Å². The molecule has 1 aromatic heterocycles. The van der Waals surface area contributed by atoms with E-state index in [4.69, 9.17) is 4.74 Å². The van der Waals surface area contributed by atoms with Crippen LogP contribution >= 0.6 is 0 Å². The Labute approximate surface area is 214 Å². The van der Waals surface area contributed by atoms with Crippen molar-refractivity contribution in [1.29, 1.82) is 0 Å². The molecule has 0 unspecified atom stereocenters. The first-order valence-electron chi connectivity index (χ1n) is 13.0. The lowest BCUT2D eigenvalue weighted by Crippen LogP contribution is -2.49. The largest absolute Gasteiger partial charge is 0.379 e. The second kappa shape index (κ2) is 12.8. The second-order valence-electron chi connectivity index (χ2n) is 9.55. The Hall–Kier alpha value is -3.04. The van der Waals surface area contributed by atoms with E-state index in [1.165, 1.54) is 17.4 Å². The number of rotatable bonds is 9. The number of hydrogen-bond acceptors (Lipinski definition) is 7. The first-order valence-corrected chi connectivity index (χ1v) is 13.0. The molecule has 3 heterocycles. The van der Waals surface area contributed by atoms with Crippen LogP contribution in [0, 0.1) is 13.8 Å². The van der Waals surface area contributed by atoms with Gasteiger partial charge in [-0.2, -0.15) is 0 Å². The maximum Gasteiger partial charge on any atom is 0.274 e. The number of hydrogen-bond donors (Lipinski definition) is 0. The molecular formula is C27H38N6O3. The molecule has 0 saturated carbocycles. The van der Waals surface area contributed by atoms with Gasteiger partial charge in [-0.05, 0) is 31.9 Å². The fourth-order valence-electron chi connectivity index (χ4n) is 4.79. The molecule has 0 spiro atoms. The van der Waals surface area contributed by atoms with Crippen LogP contribution in [0.4, 0.5) is 5.69 Å². The fourth-order valence-corrected chi connectivity index (χ4v) is 4.79. The number of carbonyl (C=O) groups is 2. The Morgan fingerprint density at radius 1 is 0.944 bits per heavy atom. The average Bonchev–Trinajstić information content (AvgIpc) is 2.91. The number of morpholine rings is 1. The maximum atomic E-state index is 13.2. The van der Waals surface area contributed by atoms with Gasteiger partial charge in [0, 0.05) is 77.2 Å². The van der Waals surface area contributed by atoms with E-state index < -0.39 is 0 Å². The highest BCUT2D eigenvalue weighted by Gasteiger charge is 2.24. The fraction of sp³-hybridized carbons (Fsp3) is 0.556. The Balaban J connectivity index is 1.31. The Morgan fingerprint density at radius 2 is 1.69 bits per heavy atom. The van der Waals surface area contributed by atoms with Crippen molar-refractivity contribution in [2.75, 3.05) is 77.0 Å². The van der Waals surface area contributed by atoms with Crippen LogP contribution in [0.15, 0.2) is 36.7 Å². The molecule has 4 rings (SSSR count). The molecule has 2 saturated heterocycles. The van der Waals surface area contributed by atoms with Crippen LogP contribution in [0.1, 0.15) is 34.6 Å². The molecule has 2 fully saturated rings.